The first-order valence-electron chi connectivity index (χ1n) is 11.5. The van der Waals surface area contributed by atoms with Crippen LogP contribution in [0.15, 0.2) is 48.4 Å². The summed E-state index contributed by atoms with van der Waals surface area (Å²) in [6.07, 6.45) is 2.46. The van der Waals surface area contributed by atoms with Gasteiger partial charge in [0, 0.05) is 24.0 Å². The number of thiophene rings is 1. The summed E-state index contributed by atoms with van der Waals surface area (Å²) in [4.78, 5) is 30.6. The van der Waals surface area contributed by atoms with E-state index < -0.39 is 0 Å². The molecule has 6 nitrogen and oxygen atoms in total. The predicted molar refractivity (Wildman–Crippen MR) is 134 cm³/mol. The van der Waals surface area contributed by atoms with Crippen LogP contribution in [0.3, 0.4) is 0 Å². The van der Waals surface area contributed by atoms with E-state index in [1.165, 1.54) is 15.3 Å². The molecular formula is C26H35N3O3S. The summed E-state index contributed by atoms with van der Waals surface area (Å²) < 4.78 is 6.14. The maximum atomic E-state index is 13.4. The van der Waals surface area contributed by atoms with Crippen molar-refractivity contribution in [2.75, 3.05) is 26.2 Å². The van der Waals surface area contributed by atoms with Crippen molar-refractivity contribution in [3.8, 4) is 5.75 Å². The van der Waals surface area contributed by atoms with Gasteiger partial charge in [0.15, 0.2) is 0 Å². The zero-order valence-corrected chi connectivity index (χ0v) is 20.9. The van der Waals surface area contributed by atoms with Crippen LogP contribution < -0.4 is 10.1 Å². The number of rotatable bonds is 9. The van der Waals surface area contributed by atoms with Gasteiger partial charge in [-0.1, -0.05) is 32.1 Å². The molecule has 3 amide bonds. The molecular weight excluding hydrogens is 434 g/mol. The predicted octanol–water partition coefficient (Wildman–Crippen LogP) is 4.98. The third-order valence-electron chi connectivity index (χ3n) is 5.74. The minimum atomic E-state index is -0.260. The molecule has 0 spiro atoms. The Balaban J connectivity index is 1.74. The molecule has 1 N–H and O–H groups in total. The van der Waals surface area contributed by atoms with Gasteiger partial charge < -0.3 is 19.9 Å². The molecule has 1 unspecified atom stereocenters. The maximum absolute atomic E-state index is 13.4. The minimum absolute atomic E-state index is 0.00360. The van der Waals surface area contributed by atoms with Crippen molar-refractivity contribution in [2.45, 2.75) is 52.1 Å². The highest BCUT2D eigenvalue weighted by molar-refractivity contribution is 7.10. The standard InChI is InChI=1S/C26H35N3O3S/c1-6-13-28(26(31)27-19(4)5)16-25(30)29-14-11-24-22(12-15-33-24)23(29)17-32-21-9-7-20(8-10-21)18(2)3/h6-10,12,15,18-19,23H,1,11,13-14,16-17H2,2-5H3,(H,27,31). The number of ether oxygens (including phenoxy) is 1. The van der Waals surface area contributed by atoms with Crippen molar-refractivity contribution in [1.29, 1.82) is 0 Å². The van der Waals surface area contributed by atoms with E-state index >= 15 is 0 Å². The molecule has 1 aromatic heterocycles. The summed E-state index contributed by atoms with van der Waals surface area (Å²) in [6, 6.07) is 9.78. The summed E-state index contributed by atoms with van der Waals surface area (Å²) >= 11 is 1.72. The molecule has 0 bridgehead atoms. The van der Waals surface area contributed by atoms with Crippen LogP contribution in [0.4, 0.5) is 4.79 Å². The van der Waals surface area contributed by atoms with Crippen molar-refractivity contribution in [1.82, 2.24) is 15.1 Å². The van der Waals surface area contributed by atoms with Crippen molar-refractivity contribution in [2.24, 2.45) is 0 Å². The number of urea groups is 1. The summed E-state index contributed by atoms with van der Waals surface area (Å²) in [7, 11) is 0. The third kappa shape index (κ3) is 6.38. The van der Waals surface area contributed by atoms with Gasteiger partial charge in [-0.05, 0) is 60.9 Å². The third-order valence-corrected chi connectivity index (χ3v) is 6.74. The summed E-state index contributed by atoms with van der Waals surface area (Å²) in [5.41, 5.74) is 2.40. The SMILES string of the molecule is C=CCN(CC(=O)N1CCc2sccc2C1COc1ccc(C(C)C)cc1)C(=O)NC(C)C. The highest BCUT2D eigenvalue weighted by Gasteiger charge is 2.33. The van der Waals surface area contributed by atoms with E-state index in [9.17, 15) is 9.59 Å². The average molecular weight is 470 g/mol. The lowest BCUT2D eigenvalue weighted by molar-refractivity contribution is -0.135. The topological polar surface area (TPSA) is 61.9 Å². The van der Waals surface area contributed by atoms with Crippen molar-refractivity contribution in [3.63, 3.8) is 0 Å². The lowest BCUT2D eigenvalue weighted by Crippen LogP contribution is -2.50. The lowest BCUT2D eigenvalue weighted by Gasteiger charge is -2.37. The molecule has 0 fully saturated rings. The second-order valence-corrected chi connectivity index (χ2v) is 9.96. The number of nitrogens with zero attached hydrogens (tertiary/aromatic N) is 2. The fraction of sp³-hybridized carbons (Fsp3) is 0.462. The fourth-order valence-corrected chi connectivity index (χ4v) is 4.89. The molecule has 7 heteroatoms. The number of amides is 3. The molecule has 178 valence electrons. The van der Waals surface area contributed by atoms with E-state index in [0.717, 1.165) is 17.7 Å². The number of fused-ring (bicyclic) bond motifs is 1. The van der Waals surface area contributed by atoms with E-state index in [2.05, 4.69) is 49.3 Å². The lowest BCUT2D eigenvalue weighted by atomic mass is 10.00. The first-order chi connectivity index (χ1) is 15.8. The van der Waals surface area contributed by atoms with Crippen LogP contribution in [-0.2, 0) is 11.2 Å². The zero-order valence-electron chi connectivity index (χ0n) is 20.0. The van der Waals surface area contributed by atoms with Crippen molar-refractivity contribution >= 4 is 23.3 Å². The van der Waals surface area contributed by atoms with E-state index in [1.807, 2.05) is 30.9 Å². The number of carbonyl (C=O) groups is 2. The van der Waals surface area contributed by atoms with Crippen LogP contribution in [0.25, 0.3) is 0 Å². The van der Waals surface area contributed by atoms with E-state index in [-0.39, 0.29) is 30.6 Å². The summed E-state index contributed by atoms with van der Waals surface area (Å²) in [6.45, 7) is 13.2. The molecule has 0 saturated heterocycles. The Bertz CT molecular complexity index is 952. The van der Waals surface area contributed by atoms with Crippen molar-refractivity contribution in [3.05, 3.63) is 64.4 Å². The second-order valence-electron chi connectivity index (χ2n) is 8.96. The van der Waals surface area contributed by atoms with E-state index in [4.69, 9.17) is 4.74 Å². The number of benzene rings is 1. The van der Waals surface area contributed by atoms with Gasteiger partial charge in [0.1, 0.15) is 18.9 Å². The largest absolute Gasteiger partial charge is 0.491 e. The first-order valence-corrected chi connectivity index (χ1v) is 12.4. The summed E-state index contributed by atoms with van der Waals surface area (Å²) in [5, 5.41) is 4.94. The van der Waals surface area contributed by atoms with Crippen LogP contribution in [0.5, 0.6) is 5.75 Å². The highest BCUT2D eigenvalue weighted by atomic mass is 32.1. The molecule has 1 aliphatic rings. The van der Waals surface area contributed by atoms with Gasteiger partial charge in [-0.2, -0.15) is 0 Å². The molecule has 0 saturated carbocycles. The van der Waals surface area contributed by atoms with Gasteiger partial charge in [0.05, 0.1) is 6.04 Å². The first kappa shape index (κ1) is 24.8. The Morgan fingerprint density at radius 1 is 1.24 bits per heavy atom. The summed E-state index contributed by atoms with van der Waals surface area (Å²) in [5.74, 6) is 1.17. The number of carbonyl (C=O) groups excluding carboxylic acids is 2. The molecule has 0 aliphatic carbocycles. The minimum Gasteiger partial charge on any atom is -0.491 e. The fourth-order valence-electron chi connectivity index (χ4n) is 3.97. The van der Waals surface area contributed by atoms with E-state index in [0.29, 0.717) is 25.6 Å². The van der Waals surface area contributed by atoms with Gasteiger partial charge in [0.2, 0.25) is 5.91 Å². The number of hydrogen-bond acceptors (Lipinski definition) is 4. The van der Waals surface area contributed by atoms with Crippen LogP contribution in [0.1, 0.15) is 55.7 Å². The zero-order chi connectivity index (χ0) is 24.0. The number of nitrogens with one attached hydrogen (secondary N) is 1. The molecule has 1 atom stereocenters. The van der Waals surface area contributed by atoms with Gasteiger partial charge >= 0.3 is 6.03 Å². The van der Waals surface area contributed by atoms with Gasteiger partial charge in [-0.25, -0.2) is 4.79 Å². The van der Waals surface area contributed by atoms with Crippen molar-refractivity contribution < 1.29 is 14.3 Å². The Kier molecular flexibility index (Phi) is 8.55. The molecule has 2 heterocycles. The van der Waals surface area contributed by atoms with Gasteiger partial charge in [0.25, 0.3) is 0 Å². The average Bonchev–Trinajstić information content (AvgIpc) is 3.26. The normalized spacial score (nSPS) is 15.3. The molecule has 0 radical (unpaired) electrons. The Morgan fingerprint density at radius 2 is 1.97 bits per heavy atom. The molecule has 3 rings (SSSR count). The smallest absolute Gasteiger partial charge is 0.318 e. The van der Waals surface area contributed by atoms with Crippen LogP contribution in [0.2, 0.25) is 0 Å². The second kappa shape index (κ2) is 11.4. The molecule has 2 aromatic rings. The molecule has 1 aliphatic heterocycles. The van der Waals surface area contributed by atoms with Crippen LogP contribution in [0, 0.1) is 0 Å². The van der Waals surface area contributed by atoms with E-state index in [1.54, 1.807) is 17.4 Å². The quantitative estimate of drug-likeness (QED) is 0.527. The number of hydrogen-bond donors (Lipinski definition) is 1. The van der Waals surface area contributed by atoms with Crippen LogP contribution in [-0.4, -0.2) is 54.0 Å². The maximum Gasteiger partial charge on any atom is 0.318 e. The Hall–Kier alpha value is -2.80. The van der Waals surface area contributed by atoms with Crippen LogP contribution >= 0.6 is 11.3 Å². The van der Waals surface area contributed by atoms with Gasteiger partial charge in [-0.15, -0.1) is 17.9 Å². The highest BCUT2D eigenvalue weighted by Crippen LogP contribution is 2.34. The molecule has 1 aromatic carbocycles. The monoisotopic (exact) mass is 469 g/mol. The molecule has 33 heavy (non-hydrogen) atoms. The Labute approximate surface area is 201 Å². The van der Waals surface area contributed by atoms with Gasteiger partial charge in [-0.3, -0.25) is 4.79 Å². The Morgan fingerprint density at radius 3 is 2.61 bits per heavy atom.